The summed E-state index contributed by atoms with van der Waals surface area (Å²) < 4.78 is 30.2. The summed E-state index contributed by atoms with van der Waals surface area (Å²) in [5.74, 6) is -1.32. The molecule has 4 aromatic rings. The van der Waals surface area contributed by atoms with Crippen LogP contribution in [0.25, 0.3) is 5.69 Å². The summed E-state index contributed by atoms with van der Waals surface area (Å²) >= 11 is 0. The highest BCUT2D eigenvalue weighted by Crippen LogP contribution is 2.37. The highest BCUT2D eigenvalue weighted by Gasteiger charge is 2.33. The largest absolute Gasteiger partial charge is 0.378 e. The molecule has 0 spiro atoms. The zero-order chi connectivity index (χ0) is 23.8. The number of amides is 2. The lowest BCUT2D eigenvalue weighted by Gasteiger charge is -2.31. The fraction of sp³-hybridized carbons (Fsp3) is 0.148. The predicted octanol–water partition coefficient (Wildman–Crippen LogP) is 5.96. The molecule has 5 rings (SSSR count). The van der Waals surface area contributed by atoms with E-state index in [2.05, 4.69) is 9.88 Å². The Morgan fingerprint density at radius 3 is 2.50 bits per heavy atom. The number of anilines is 2. The maximum Gasteiger partial charge on any atom is 0.323 e. The Morgan fingerprint density at radius 2 is 1.74 bits per heavy atom. The predicted molar refractivity (Wildman–Crippen MR) is 129 cm³/mol. The normalized spacial score (nSPS) is 14.7. The van der Waals surface area contributed by atoms with Crippen LogP contribution in [-0.4, -0.2) is 29.6 Å². The van der Waals surface area contributed by atoms with Crippen LogP contribution in [0.5, 0.6) is 0 Å². The number of urea groups is 1. The van der Waals surface area contributed by atoms with Gasteiger partial charge in [0.05, 0.1) is 24.0 Å². The summed E-state index contributed by atoms with van der Waals surface area (Å²) in [6.45, 7) is 0.292. The quantitative estimate of drug-likeness (QED) is 0.412. The smallest absolute Gasteiger partial charge is 0.323 e. The third-order valence-corrected chi connectivity index (χ3v) is 6.12. The fourth-order valence-corrected chi connectivity index (χ4v) is 4.43. The summed E-state index contributed by atoms with van der Waals surface area (Å²) in [5, 5.41) is 2.59. The van der Waals surface area contributed by atoms with Crippen molar-refractivity contribution in [1.82, 2.24) is 9.47 Å². The van der Waals surface area contributed by atoms with Gasteiger partial charge in [-0.3, -0.25) is 0 Å². The van der Waals surface area contributed by atoms with Crippen molar-refractivity contribution in [3.63, 3.8) is 0 Å². The van der Waals surface area contributed by atoms with Gasteiger partial charge in [-0.15, -0.1) is 0 Å². The molecule has 2 heterocycles. The van der Waals surface area contributed by atoms with Crippen LogP contribution >= 0.6 is 0 Å². The molecule has 1 atom stereocenters. The Balaban J connectivity index is 1.62. The maximum absolute atomic E-state index is 14.3. The Kier molecular flexibility index (Phi) is 5.53. The molecule has 0 aliphatic carbocycles. The van der Waals surface area contributed by atoms with E-state index in [9.17, 15) is 13.6 Å². The second-order valence-electron chi connectivity index (χ2n) is 8.50. The topological polar surface area (TPSA) is 40.5 Å². The van der Waals surface area contributed by atoms with Gasteiger partial charge in [0, 0.05) is 37.7 Å². The number of carbonyl (C=O) groups is 1. The molecule has 172 valence electrons. The summed E-state index contributed by atoms with van der Waals surface area (Å²) in [6, 6.07) is 21.8. The van der Waals surface area contributed by atoms with Crippen LogP contribution in [0, 0.1) is 11.6 Å². The van der Waals surface area contributed by atoms with Gasteiger partial charge in [-0.2, -0.15) is 0 Å². The molecule has 5 nitrogen and oxygen atoms in total. The van der Waals surface area contributed by atoms with Crippen molar-refractivity contribution in [2.24, 2.45) is 0 Å². The van der Waals surface area contributed by atoms with Crippen LogP contribution < -0.4 is 10.2 Å². The van der Waals surface area contributed by atoms with Crippen LogP contribution in [0.3, 0.4) is 0 Å². The molecule has 0 saturated carbocycles. The molecule has 0 bridgehead atoms. The van der Waals surface area contributed by atoms with Gasteiger partial charge in [0.15, 0.2) is 0 Å². The van der Waals surface area contributed by atoms with Crippen molar-refractivity contribution in [3.05, 3.63) is 114 Å². The Labute approximate surface area is 196 Å². The lowest BCUT2D eigenvalue weighted by Crippen LogP contribution is -2.38. The Hall–Kier alpha value is -4.13. The molecule has 1 aromatic heterocycles. The van der Waals surface area contributed by atoms with Crippen LogP contribution in [0.2, 0.25) is 0 Å². The zero-order valence-electron chi connectivity index (χ0n) is 18.9. The van der Waals surface area contributed by atoms with Crippen LogP contribution in [-0.2, 0) is 6.54 Å². The monoisotopic (exact) mass is 458 g/mol. The van der Waals surface area contributed by atoms with E-state index in [1.54, 1.807) is 4.90 Å². The SMILES string of the molecule is CN(C)c1ccc(C2c3cccn3-c3ccccc3CN2C(=O)Nc2cc(F)ccc2F)cc1. The molecule has 0 saturated heterocycles. The molecule has 1 unspecified atom stereocenters. The number of nitrogens with zero attached hydrogens (tertiary/aromatic N) is 3. The van der Waals surface area contributed by atoms with Gasteiger partial charge in [0.1, 0.15) is 11.6 Å². The van der Waals surface area contributed by atoms with Gasteiger partial charge >= 0.3 is 6.03 Å². The van der Waals surface area contributed by atoms with E-state index in [4.69, 9.17) is 0 Å². The minimum Gasteiger partial charge on any atom is -0.378 e. The Morgan fingerprint density at radius 1 is 0.971 bits per heavy atom. The van der Waals surface area contributed by atoms with Gasteiger partial charge in [0.2, 0.25) is 0 Å². The number of para-hydroxylation sites is 1. The molecule has 1 N–H and O–H groups in total. The van der Waals surface area contributed by atoms with Crippen molar-refractivity contribution >= 4 is 17.4 Å². The van der Waals surface area contributed by atoms with Crippen LogP contribution in [0.4, 0.5) is 25.0 Å². The van der Waals surface area contributed by atoms with E-state index in [-0.39, 0.29) is 5.69 Å². The molecular formula is C27H24F2N4O. The maximum atomic E-state index is 14.3. The number of benzene rings is 3. The van der Waals surface area contributed by atoms with Gasteiger partial charge in [-0.1, -0.05) is 30.3 Å². The molecule has 0 radical (unpaired) electrons. The third-order valence-electron chi connectivity index (χ3n) is 6.12. The van der Waals surface area contributed by atoms with Crippen molar-refractivity contribution in [2.75, 3.05) is 24.3 Å². The number of halogens is 2. The molecule has 1 aliphatic rings. The first-order chi connectivity index (χ1) is 16.4. The minimum absolute atomic E-state index is 0.195. The fourth-order valence-electron chi connectivity index (χ4n) is 4.43. The average Bonchev–Trinajstić information content (AvgIpc) is 3.25. The van der Waals surface area contributed by atoms with Gasteiger partial charge in [0.25, 0.3) is 0 Å². The zero-order valence-corrected chi connectivity index (χ0v) is 18.9. The number of fused-ring (bicyclic) bond motifs is 3. The lowest BCUT2D eigenvalue weighted by atomic mass is 10.0. The third kappa shape index (κ3) is 3.90. The van der Waals surface area contributed by atoms with Gasteiger partial charge < -0.3 is 19.7 Å². The van der Waals surface area contributed by atoms with E-state index in [1.807, 2.05) is 85.9 Å². The summed E-state index contributed by atoms with van der Waals surface area (Å²) in [4.78, 5) is 17.3. The van der Waals surface area contributed by atoms with Gasteiger partial charge in [-0.25, -0.2) is 13.6 Å². The molecule has 2 amide bonds. The first-order valence-corrected chi connectivity index (χ1v) is 11.0. The molecule has 0 fully saturated rings. The van der Waals surface area contributed by atoms with Crippen molar-refractivity contribution in [3.8, 4) is 5.69 Å². The lowest BCUT2D eigenvalue weighted by molar-refractivity contribution is 0.194. The standard InChI is InChI=1S/C27H24F2N4O/c1-31(2)21-12-9-18(10-13-21)26-25-8-5-15-32(25)24-7-4-3-6-19(24)17-33(26)27(34)30-23-16-20(28)11-14-22(23)29/h3-16,26H,17H2,1-2H3,(H,30,34). The summed E-state index contributed by atoms with van der Waals surface area (Å²) in [5.41, 5.74) is 4.58. The van der Waals surface area contributed by atoms with E-state index in [0.717, 1.165) is 46.4 Å². The highest BCUT2D eigenvalue weighted by atomic mass is 19.1. The highest BCUT2D eigenvalue weighted by molar-refractivity contribution is 5.90. The second-order valence-corrected chi connectivity index (χ2v) is 8.50. The van der Waals surface area contributed by atoms with E-state index < -0.39 is 23.7 Å². The van der Waals surface area contributed by atoms with E-state index in [0.29, 0.717) is 6.54 Å². The number of hydrogen-bond acceptors (Lipinski definition) is 2. The number of hydrogen-bond donors (Lipinski definition) is 1. The molecule has 1 aliphatic heterocycles. The average molecular weight is 459 g/mol. The van der Waals surface area contributed by atoms with E-state index >= 15 is 0 Å². The van der Waals surface area contributed by atoms with E-state index in [1.165, 1.54) is 0 Å². The van der Waals surface area contributed by atoms with Crippen molar-refractivity contribution in [1.29, 1.82) is 0 Å². The Bertz CT molecular complexity index is 1350. The minimum atomic E-state index is -0.694. The number of nitrogens with one attached hydrogen (secondary N) is 1. The molecule has 7 heteroatoms. The molecule has 34 heavy (non-hydrogen) atoms. The number of aromatic nitrogens is 1. The number of rotatable bonds is 3. The molecular weight excluding hydrogens is 434 g/mol. The number of carbonyl (C=O) groups excluding carboxylic acids is 1. The first-order valence-electron chi connectivity index (χ1n) is 11.0. The first kappa shape index (κ1) is 21.7. The van der Waals surface area contributed by atoms with Crippen molar-refractivity contribution < 1.29 is 13.6 Å². The second kappa shape index (κ2) is 8.67. The van der Waals surface area contributed by atoms with Gasteiger partial charge in [-0.05, 0) is 53.6 Å². The van der Waals surface area contributed by atoms with Crippen LogP contribution in [0.1, 0.15) is 22.9 Å². The summed E-state index contributed by atoms with van der Waals surface area (Å²) in [7, 11) is 3.94. The van der Waals surface area contributed by atoms with Crippen molar-refractivity contribution in [2.45, 2.75) is 12.6 Å². The van der Waals surface area contributed by atoms with Crippen LogP contribution in [0.15, 0.2) is 85.1 Å². The summed E-state index contributed by atoms with van der Waals surface area (Å²) in [6.07, 6.45) is 1.98. The molecule has 3 aromatic carbocycles.